The Morgan fingerprint density at radius 1 is 1.27 bits per heavy atom. The van der Waals surface area contributed by atoms with Crippen molar-refractivity contribution < 1.29 is 9.59 Å². The predicted molar refractivity (Wildman–Crippen MR) is 85.1 cm³/mol. The first kappa shape index (κ1) is 16.4. The highest BCUT2D eigenvalue weighted by atomic mass is 16.2. The van der Waals surface area contributed by atoms with Crippen LogP contribution in [0.2, 0.25) is 0 Å². The van der Waals surface area contributed by atoms with Crippen LogP contribution in [0.5, 0.6) is 0 Å². The van der Waals surface area contributed by atoms with Gasteiger partial charge in [0.15, 0.2) is 0 Å². The zero-order chi connectivity index (χ0) is 16.5. The summed E-state index contributed by atoms with van der Waals surface area (Å²) in [6.07, 6.45) is 4.45. The van der Waals surface area contributed by atoms with Gasteiger partial charge in [-0.2, -0.15) is 0 Å². The minimum Gasteiger partial charge on any atom is -0.328 e. The fraction of sp³-hybridized carbons (Fsp3) is 0.562. The Bertz CT molecular complexity index is 551. The van der Waals surface area contributed by atoms with Crippen molar-refractivity contribution >= 4 is 17.5 Å². The number of hydrogen-bond acceptors (Lipinski definition) is 4. The van der Waals surface area contributed by atoms with Gasteiger partial charge in [-0.3, -0.25) is 14.6 Å². The minimum atomic E-state index is -0.648. The molecule has 3 N–H and O–H groups in total. The minimum absolute atomic E-state index is 0.0236. The molecule has 22 heavy (non-hydrogen) atoms. The molecule has 0 radical (unpaired) electrons. The van der Waals surface area contributed by atoms with E-state index in [0.29, 0.717) is 18.5 Å². The Balaban J connectivity index is 2.21. The van der Waals surface area contributed by atoms with Crippen molar-refractivity contribution in [3.63, 3.8) is 0 Å². The lowest BCUT2D eigenvalue weighted by Crippen LogP contribution is -2.66. The summed E-state index contributed by atoms with van der Waals surface area (Å²) < 4.78 is 0. The maximum Gasteiger partial charge on any atom is 0.313 e. The molecule has 1 aliphatic rings. The number of likely N-dealkylation sites (tertiary alicyclic amines) is 1. The summed E-state index contributed by atoms with van der Waals surface area (Å²) in [6.45, 7) is 7.79. The molecule has 0 saturated carbocycles. The van der Waals surface area contributed by atoms with Gasteiger partial charge in [-0.25, -0.2) is 0 Å². The molecule has 1 fully saturated rings. The molecule has 2 rings (SSSR count). The van der Waals surface area contributed by atoms with E-state index in [0.717, 1.165) is 0 Å². The van der Waals surface area contributed by atoms with Gasteiger partial charge in [0, 0.05) is 23.3 Å². The Morgan fingerprint density at radius 2 is 1.86 bits per heavy atom. The molecule has 1 aromatic heterocycles. The molecule has 6 heteroatoms. The third kappa shape index (κ3) is 3.27. The highest BCUT2D eigenvalue weighted by molar-refractivity contribution is 6.39. The summed E-state index contributed by atoms with van der Waals surface area (Å²) in [4.78, 5) is 30.6. The van der Waals surface area contributed by atoms with Crippen LogP contribution in [0, 0.1) is 0 Å². The van der Waals surface area contributed by atoms with Crippen molar-refractivity contribution in [1.29, 1.82) is 0 Å². The fourth-order valence-electron chi connectivity index (χ4n) is 3.63. The molecule has 1 aliphatic heterocycles. The molecule has 1 saturated heterocycles. The molecule has 2 heterocycles. The Kier molecular flexibility index (Phi) is 4.24. The summed E-state index contributed by atoms with van der Waals surface area (Å²) in [7, 11) is 0. The topological polar surface area (TPSA) is 88.3 Å². The van der Waals surface area contributed by atoms with Crippen LogP contribution < -0.4 is 11.1 Å². The quantitative estimate of drug-likeness (QED) is 0.770. The van der Waals surface area contributed by atoms with Gasteiger partial charge in [0.2, 0.25) is 0 Å². The number of nitrogens with two attached hydrogens (primary N) is 1. The molecular formula is C16H24N4O2. The van der Waals surface area contributed by atoms with Crippen LogP contribution in [0.1, 0.15) is 40.5 Å². The van der Waals surface area contributed by atoms with Gasteiger partial charge in [0.1, 0.15) is 0 Å². The van der Waals surface area contributed by atoms with Crippen molar-refractivity contribution in [2.45, 2.75) is 57.7 Å². The normalized spacial score (nSPS) is 20.5. The fourth-order valence-corrected chi connectivity index (χ4v) is 3.63. The van der Waals surface area contributed by atoms with E-state index in [1.165, 1.54) is 6.20 Å². The lowest BCUT2D eigenvalue weighted by atomic mass is 9.77. The maximum atomic E-state index is 12.7. The number of hydrogen-bond donors (Lipinski definition) is 2. The van der Waals surface area contributed by atoms with E-state index in [2.05, 4.69) is 10.3 Å². The van der Waals surface area contributed by atoms with Crippen LogP contribution >= 0.6 is 0 Å². The SMILES string of the molecule is CC1(C)CC(N)CC(C)(C)N1C(=O)C(=O)Nc1cccnc1. The van der Waals surface area contributed by atoms with Gasteiger partial charge >= 0.3 is 11.8 Å². The van der Waals surface area contributed by atoms with Gasteiger partial charge in [0.25, 0.3) is 0 Å². The third-order valence-electron chi connectivity index (χ3n) is 4.05. The molecule has 0 aliphatic carbocycles. The summed E-state index contributed by atoms with van der Waals surface area (Å²) in [5.41, 5.74) is 5.67. The molecular weight excluding hydrogens is 280 g/mol. The lowest BCUT2D eigenvalue weighted by molar-refractivity contribution is -0.156. The zero-order valence-electron chi connectivity index (χ0n) is 13.6. The molecule has 6 nitrogen and oxygen atoms in total. The number of amides is 2. The second kappa shape index (κ2) is 5.68. The first-order valence-corrected chi connectivity index (χ1v) is 7.45. The Labute approximate surface area is 131 Å². The molecule has 0 unspecified atom stereocenters. The van der Waals surface area contributed by atoms with Crippen molar-refractivity contribution in [2.75, 3.05) is 5.32 Å². The standard InChI is InChI=1S/C16H24N4O2/c1-15(2)8-11(17)9-16(3,4)20(15)14(22)13(21)19-12-6-5-7-18-10-12/h5-7,10-11H,8-9,17H2,1-4H3,(H,19,21). The van der Waals surface area contributed by atoms with Crippen LogP contribution in [0.3, 0.4) is 0 Å². The summed E-state index contributed by atoms with van der Waals surface area (Å²) in [5, 5.41) is 2.60. The summed E-state index contributed by atoms with van der Waals surface area (Å²) >= 11 is 0. The molecule has 1 aromatic rings. The van der Waals surface area contributed by atoms with Crippen LogP contribution in [0.4, 0.5) is 5.69 Å². The molecule has 0 atom stereocenters. The van der Waals surface area contributed by atoms with Crippen molar-refractivity contribution in [2.24, 2.45) is 5.73 Å². The Morgan fingerprint density at radius 3 is 2.36 bits per heavy atom. The van der Waals surface area contributed by atoms with E-state index in [1.807, 2.05) is 27.7 Å². The number of rotatable bonds is 1. The zero-order valence-corrected chi connectivity index (χ0v) is 13.6. The summed E-state index contributed by atoms with van der Waals surface area (Å²) in [6, 6.07) is 3.42. The van der Waals surface area contributed by atoms with E-state index < -0.39 is 22.9 Å². The molecule has 0 bridgehead atoms. The number of aromatic nitrogens is 1. The highest BCUT2D eigenvalue weighted by Gasteiger charge is 2.48. The van der Waals surface area contributed by atoms with E-state index in [9.17, 15) is 9.59 Å². The van der Waals surface area contributed by atoms with Crippen LogP contribution in [0.25, 0.3) is 0 Å². The number of anilines is 1. The number of nitrogens with one attached hydrogen (secondary N) is 1. The van der Waals surface area contributed by atoms with Crippen molar-refractivity contribution in [3.05, 3.63) is 24.5 Å². The third-order valence-corrected chi connectivity index (χ3v) is 4.05. The number of piperidine rings is 1. The molecule has 0 aromatic carbocycles. The predicted octanol–water partition coefficient (Wildman–Crippen LogP) is 1.53. The van der Waals surface area contributed by atoms with Crippen LogP contribution in [0.15, 0.2) is 24.5 Å². The van der Waals surface area contributed by atoms with Crippen molar-refractivity contribution in [3.8, 4) is 0 Å². The van der Waals surface area contributed by atoms with E-state index >= 15 is 0 Å². The first-order valence-electron chi connectivity index (χ1n) is 7.45. The van der Waals surface area contributed by atoms with Gasteiger partial charge in [-0.05, 0) is 52.7 Å². The van der Waals surface area contributed by atoms with Crippen molar-refractivity contribution in [1.82, 2.24) is 9.88 Å². The van der Waals surface area contributed by atoms with E-state index in [-0.39, 0.29) is 6.04 Å². The lowest BCUT2D eigenvalue weighted by Gasteiger charge is -2.54. The number of pyridine rings is 1. The average molecular weight is 304 g/mol. The van der Waals surface area contributed by atoms with Gasteiger partial charge < -0.3 is 16.0 Å². The number of carbonyl (C=O) groups excluding carboxylic acids is 2. The van der Waals surface area contributed by atoms with E-state index in [4.69, 9.17) is 5.73 Å². The Hall–Kier alpha value is -1.95. The average Bonchev–Trinajstić information content (AvgIpc) is 2.36. The highest BCUT2D eigenvalue weighted by Crippen LogP contribution is 2.37. The molecule has 120 valence electrons. The van der Waals surface area contributed by atoms with Gasteiger partial charge in [-0.15, -0.1) is 0 Å². The number of carbonyl (C=O) groups is 2. The maximum absolute atomic E-state index is 12.7. The second-order valence-electron chi connectivity index (χ2n) is 7.13. The smallest absolute Gasteiger partial charge is 0.313 e. The first-order chi connectivity index (χ1) is 10.1. The van der Waals surface area contributed by atoms with Gasteiger partial charge in [-0.1, -0.05) is 0 Å². The largest absolute Gasteiger partial charge is 0.328 e. The molecule has 2 amide bonds. The van der Waals surface area contributed by atoms with Gasteiger partial charge in [0.05, 0.1) is 11.9 Å². The summed E-state index contributed by atoms with van der Waals surface area (Å²) in [5.74, 6) is -1.18. The molecule has 0 spiro atoms. The second-order valence-corrected chi connectivity index (χ2v) is 7.13. The van der Waals surface area contributed by atoms with Crippen LogP contribution in [-0.4, -0.2) is 38.8 Å². The van der Waals surface area contributed by atoms with Crippen LogP contribution in [-0.2, 0) is 9.59 Å². The number of nitrogens with zero attached hydrogens (tertiary/aromatic N) is 2. The monoisotopic (exact) mass is 304 g/mol. The van der Waals surface area contributed by atoms with E-state index in [1.54, 1.807) is 23.2 Å².